The molecule has 0 saturated carbocycles. The van der Waals surface area contributed by atoms with Gasteiger partial charge in [0.05, 0.1) is 25.1 Å². The van der Waals surface area contributed by atoms with Crippen LogP contribution in [0.4, 0.5) is 0 Å². The molecule has 2 aromatic carbocycles. The molecule has 1 atom stereocenters. The second-order valence-corrected chi connectivity index (χ2v) is 10.4. The summed E-state index contributed by atoms with van der Waals surface area (Å²) in [6, 6.07) is 16.7. The van der Waals surface area contributed by atoms with Crippen molar-refractivity contribution in [3.63, 3.8) is 0 Å². The van der Waals surface area contributed by atoms with Crippen molar-refractivity contribution in [2.24, 2.45) is 0 Å². The SMILES string of the molecule is CCCCCCCCCOc1ccc(-c2ccc(-c3ncc(OC[C@H](C)OCCCCCC)cn3)cc2)cc1. The lowest BCUT2D eigenvalue weighted by atomic mass is 10.0. The molecule has 1 heterocycles. The molecule has 0 aliphatic carbocycles. The zero-order valence-electron chi connectivity index (χ0n) is 24.4. The van der Waals surface area contributed by atoms with Crippen LogP contribution in [-0.4, -0.2) is 35.9 Å². The quantitative estimate of drug-likeness (QED) is 0.136. The average Bonchev–Trinajstić information content (AvgIpc) is 2.98. The molecule has 5 nitrogen and oxygen atoms in total. The van der Waals surface area contributed by atoms with Gasteiger partial charge in [-0.1, -0.05) is 108 Å². The number of ether oxygens (including phenoxy) is 3. The first kappa shape index (κ1) is 30.6. The van der Waals surface area contributed by atoms with Crippen molar-refractivity contribution in [3.05, 3.63) is 60.9 Å². The summed E-state index contributed by atoms with van der Waals surface area (Å²) in [7, 11) is 0. The largest absolute Gasteiger partial charge is 0.494 e. The molecule has 0 aliphatic rings. The second kappa shape index (κ2) is 18.4. The normalized spacial score (nSPS) is 11.9. The highest BCUT2D eigenvalue weighted by atomic mass is 16.5. The Morgan fingerprint density at radius 2 is 1.08 bits per heavy atom. The zero-order chi connectivity index (χ0) is 27.5. The lowest BCUT2D eigenvalue weighted by molar-refractivity contribution is 0.0301. The summed E-state index contributed by atoms with van der Waals surface area (Å²) >= 11 is 0. The van der Waals surface area contributed by atoms with Crippen molar-refractivity contribution in [1.29, 1.82) is 0 Å². The van der Waals surface area contributed by atoms with Gasteiger partial charge in [0.15, 0.2) is 11.6 Å². The van der Waals surface area contributed by atoms with Crippen LogP contribution in [0.15, 0.2) is 60.9 Å². The van der Waals surface area contributed by atoms with Crippen LogP contribution in [0, 0.1) is 0 Å². The molecule has 212 valence electrons. The van der Waals surface area contributed by atoms with Gasteiger partial charge in [-0.15, -0.1) is 0 Å². The highest BCUT2D eigenvalue weighted by Crippen LogP contribution is 2.25. The number of hydrogen-bond acceptors (Lipinski definition) is 5. The fourth-order valence-corrected chi connectivity index (χ4v) is 4.42. The lowest BCUT2D eigenvalue weighted by Gasteiger charge is -2.14. The first-order chi connectivity index (χ1) is 19.2. The van der Waals surface area contributed by atoms with Crippen molar-refractivity contribution in [2.45, 2.75) is 97.5 Å². The second-order valence-electron chi connectivity index (χ2n) is 10.4. The van der Waals surface area contributed by atoms with Gasteiger partial charge in [0.1, 0.15) is 12.4 Å². The Bertz CT molecular complexity index is 1020. The summed E-state index contributed by atoms with van der Waals surface area (Å²) in [5, 5.41) is 0. The highest BCUT2D eigenvalue weighted by molar-refractivity contribution is 5.68. The number of nitrogens with zero attached hydrogens (tertiary/aromatic N) is 2. The van der Waals surface area contributed by atoms with Gasteiger partial charge >= 0.3 is 0 Å². The maximum absolute atomic E-state index is 5.94. The summed E-state index contributed by atoms with van der Waals surface area (Å²) < 4.78 is 17.6. The van der Waals surface area contributed by atoms with Gasteiger partial charge < -0.3 is 14.2 Å². The van der Waals surface area contributed by atoms with E-state index in [1.165, 1.54) is 57.8 Å². The minimum atomic E-state index is 0.0459. The fourth-order valence-electron chi connectivity index (χ4n) is 4.42. The number of hydrogen-bond donors (Lipinski definition) is 0. The minimum absolute atomic E-state index is 0.0459. The fraction of sp³-hybridized carbons (Fsp3) is 0.529. The number of benzene rings is 2. The summed E-state index contributed by atoms with van der Waals surface area (Å²) in [5.41, 5.74) is 3.29. The minimum Gasteiger partial charge on any atom is -0.494 e. The Hall–Kier alpha value is -2.92. The molecule has 0 amide bonds. The molecule has 1 aromatic heterocycles. The first-order valence-corrected chi connectivity index (χ1v) is 15.1. The van der Waals surface area contributed by atoms with Crippen molar-refractivity contribution < 1.29 is 14.2 Å². The van der Waals surface area contributed by atoms with Gasteiger partial charge in [0, 0.05) is 12.2 Å². The molecule has 3 rings (SSSR count). The first-order valence-electron chi connectivity index (χ1n) is 15.1. The third-order valence-corrected chi connectivity index (χ3v) is 6.86. The monoisotopic (exact) mass is 532 g/mol. The lowest BCUT2D eigenvalue weighted by Crippen LogP contribution is -2.18. The van der Waals surface area contributed by atoms with Crippen LogP contribution in [0.3, 0.4) is 0 Å². The van der Waals surface area contributed by atoms with Crippen molar-refractivity contribution >= 4 is 0 Å². The number of aromatic nitrogens is 2. The van der Waals surface area contributed by atoms with Gasteiger partial charge in [0.25, 0.3) is 0 Å². The molecule has 0 aliphatic heterocycles. The maximum Gasteiger partial charge on any atom is 0.159 e. The van der Waals surface area contributed by atoms with E-state index in [1.54, 1.807) is 12.4 Å². The van der Waals surface area contributed by atoms with Gasteiger partial charge in [-0.2, -0.15) is 0 Å². The molecule has 39 heavy (non-hydrogen) atoms. The smallest absolute Gasteiger partial charge is 0.159 e. The Balaban J connectivity index is 1.40. The molecule has 0 fully saturated rings. The van der Waals surface area contributed by atoms with E-state index in [4.69, 9.17) is 14.2 Å². The predicted molar refractivity (Wildman–Crippen MR) is 161 cm³/mol. The maximum atomic E-state index is 5.94. The molecule has 0 N–H and O–H groups in total. The van der Waals surface area contributed by atoms with Crippen molar-refractivity contribution in [3.8, 4) is 34.0 Å². The molecule has 5 heteroatoms. The van der Waals surface area contributed by atoms with E-state index in [9.17, 15) is 0 Å². The number of unbranched alkanes of at least 4 members (excludes halogenated alkanes) is 9. The third kappa shape index (κ3) is 11.8. The highest BCUT2D eigenvalue weighted by Gasteiger charge is 2.07. The Labute approximate surface area is 236 Å². The predicted octanol–water partition coefficient (Wildman–Crippen LogP) is 9.30. The summed E-state index contributed by atoms with van der Waals surface area (Å²) in [4.78, 5) is 9.01. The van der Waals surface area contributed by atoms with Gasteiger partial charge in [-0.25, -0.2) is 9.97 Å². The van der Waals surface area contributed by atoms with Crippen LogP contribution < -0.4 is 9.47 Å². The summed E-state index contributed by atoms with van der Waals surface area (Å²) in [6.45, 7) is 8.58. The van der Waals surface area contributed by atoms with Crippen LogP contribution in [0.5, 0.6) is 11.5 Å². The molecule has 0 unspecified atom stereocenters. The van der Waals surface area contributed by atoms with Crippen molar-refractivity contribution in [1.82, 2.24) is 9.97 Å². The topological polar surface area (TPSA) is 53.5 Å². The van der Waals surface area contributed by atoms with E-state index in [0.29, 0.717) is 18.2 Å². The summed E-state index contributed by atoms with van der Waals surface area (Å²) in [6.07, 6.45) is 17.4. The van der Waals surface area contributed by atoms with Crippen LogP contribution in [-0.2, 0) is 4.74 Å². The average molecular weight is 533 g/mol. The van der Waals surface area contributed by atoms with E-state index >= 15 is 0 Å². The van der Waals surface area contributed by atoms with Crippen LogP contribution in [0.2, 0.25) is 0 Å². The summed E-state index contributed by atoms with van der Waals surface area (Å²) in [5.74, 6) is 2.28. The Morgan fingerprint density at radius 3 is 1.72 bits per heavy atom. The molecular weight excluding hydrogens is 484 g/mol. The van der Waals surface area contributed by atoms with E-state index in [0.717, 1.165) is 48.5 Å². The molecule has 0 radical (unpaired) electrons. The molecule has 0 bridgehead atoms. The van der Waals surface area contributed by atoms with Crippen molar-refractivity contribution in [2.75, 3.05) is 19.8 Å². The van der Waals surface area contributed by atoms with E-state index in [2.05, 4.69) is 72.3 Å². The van der Waals surface area contributed by atoms with Crippen LogP contribution in [0.25, 0.3) is 22.5 Å². The molecule has 0 saturated heterocycles. The van der Waals surface area contributed by atoms with E-state index in [-0.39, 0.29) is 6.10 Å². The van der Waals surface area contributed by atoms with E-state index in [1.807, 2.05) is 6.92 Å². The molecular formula is C34H48N2O3. The van der Waals surface area contributed by atoms with E-state index < -0.39 is 0 Å². The van der Waals surface area contributed by atoms with Crippen LogP contribution in [0.1, 0.15) is 91.4 Å². The standard InChI is InChI=1S/C34H48N2O3/c1-4-6-8-10-11-12-14-24-38-32-21-19-30(20-22-32)29-15-17-31(18-16-29)34-35-25-33(26-36-34)39-27-28(3)37-23-13-9-7-5-2/h15-22,25-26,28H,4-14,23-24,27H2,1-3H3/t28-/m0/s1. The third-order valence-electron chi connectivity index (χ3n) is 6.86. The molecule has 3 aromatic rings. The number of rotatable bonds is 20. The molecule has 0 spiro atoms. The Morgan fingerprint density at radius 1 is 0.564 bits per heavy atom. The van der Waals surface area contributed by atoms with Gasteiger partial charge in [0.2, 0.25) is 0 Å². The van der Waals surface area contributed by atoms with Crippen LogP contribution >= 0.6 is 0 Å². The zero-order valence-corrected chi connectivity index (χ0v) is 24.4. The van der Waals surface area contributed by atoms with Gasteiger partial charge in [-0.05, 0) is 43.0 Å². The Kier molecular flexibility index (Phi) is 14.4. The van der Waals surface area contributed by atoms with Gasteiger partial charge in [-0.3, -0.25) is 0 Å².